The first kappa shape index (κ1) is 24.5. The van der Waals surface area contributed by atoms with Crippen LogP contribution in [0.15, 0.2) is 60.7 Å². The first-order chi connectivity index (χ1) is 19.5. The summed E-state index contributed by atoms with van der Waals surface area (Å²) in [6.45, 7) is 6.98. The van der Waals surface area contributed by atoms with Crippen LogP contribution in [0.3, 0.4) is 0 Å². The van der Waals surface area contributed by atoms with Gasteiger partial charge < -0.3 is 15.8 Å². The minimum atomic E-state index is -0.335. The highest BCUT2D eigenvalue weighted by Gasteiger charge is 2.74. The fourth-order valence-corrected chi connectivity index (χ4v) is 13.1. The van der Waals surface area contributed by atoms with Gasteiger partial charge in [0, 0.05) is 17.0 Å². The molecule has 0 amide bonds. The molecule has 2 heterocycles. The molecule has 5 fully saturated rings. The minimum absolute atomic E-state index is 0.0209. The standard InChI is InChI=1S/C37H46N2O/c1-20-13-28-21(2)7-10-31-35(30(28)14-20)37(31,34(38)19-40)24-8-9-26-23(16-24)17-32-29(26)18-25-15-22-11-12-36(25,32)39-33-6-4-3-5-27(22)33/h3-6,8-9,11-12,19-20,22-26,28-32,34-35,39H,2,7,10,13-18,38H2,1H3/t20-,22-,23-,24+,25+,26-,28+,29+,30+,31+,32-,34+,35-,36+,37+/m0/s1. The van der Waals surface area contributed by atoms with Gasteiger partial charge in [0.1, 0.15) is 6.29 Å². The smallest absolute Gasteiger partial charge is 0.137 e. The molecule has 2 bridgehead atoms. The summed E-state index contributed by atoms with van der Waals surface area (Å²) in [5.41, 5.74) is 11.3. The Kier molecular flexibility index (Phi) is 5.04. The van der Waals surface area contributed by atoms with Crippen LogP contribution >= 0.6 is 0 Å². The number of rotatable bonds is 3. The van der Waals surface area contributed by atoms with Crippen LogP contribution in [-0.4, -0.2) is 17.9 Å². The number of carbonyl (C=O) groups is 1. The number of para-hydroxylation sites is 1. The van der Waals surface area contributed by atoms with Crippen LogP contribution < -0.4 is 11.1 Å². The van der Waals surface area contributed by atoms with Crippen molar-refractivity contribution in [2.75, 3.05) is 5.32 Å². The quantitative estimate of drug-likeness (QED) is 0.320. The van der Waals surface area contributed by atoms with E-state index in [1.54, 1.807) is 0 Å². The van der Waals surface area contributed by atoms with E-state index in [2.05, 4.69) is 67.4 Å². The Balaban J connectivity index is 1.03. The molecule has 5 saturated carbocycles. The van der Waals surface area contributed by atoms with Crippen molar-refractivity contribution in [1.29, 1.82) is 0 Å². The maximum absolute atomic E-state index is 12.5. The van der Waals surface area contributed by atoms with Crippen LogP contribution in [0.2, 0.25) is 0 Å². The van der Waals surface area contributed by atoms with Crippen LogP contribution in [0.4, 0.5) is 5.69 Å². The van der Waals surface area contributed by atoms with Gasteiger partial charge in [-0.25, -0.2) is 0 Å². The third-order valence-corrected chi connectivity index (χ3v) is 14.5. The van der Waals surface area contributed by atoms with Gasteiger partial charge in [-0.05, 0) is 128 Å². The lowest BCUT2D eigenvalue weighted by atomic mass is 9.66. The van der Waals surface area contributed by atoms with E-state index >= 15 is 0 Å². The highest BCUT2D eigenvalue weighted by Crippen LogP contribution is 2.76. The maximum atomic E-state index is 12.5. The summed E-state index contributed by atoms with van der Waals surface area (Å²) in [6.07, 6.45) is 21.7. The summed E-state index contributed by atoms with van der Waals surface area (Å²) in [5, 5.41) is 4.18. The molecule has 3 nitrogen and oxygen atoms in total. The van der Waals surface area contributed by atoms with E-state index in [1.165, 1.54) is 61.8 Å². The third-order valence-electron chi connectivity index (χ3n) is 14.5. The van der Waals surface area contributed by atoms with Gasteiger partial charge in [0.2, 0.25) is 0 Å². The zero-order chi connectivity index (χ0) is 27.0. The first-order valence-electron chi connectivity index (χ1n) is 16.6. The second-order valence-electron chi connectivity index (χ2n) is 15.7. The Morgan fingerprint density at radius 1 is 1.02 bits per heavy atom. The number of hydrogen-bond donors (Lipinski definition) is 2. The van der Waals surface area contributed by atoms with Crippen molar-refractivity contribution in [3.05, 3.63) is 66.3 Å². The Morgan fingerprint density at radius 2 is 1.90 bits per heavy atom. The highest BCUT2D eigenvalue weighted by atomic mass is 16.1. The molecule has 0 unspecified atom stereocenters. The van der Waals surface area contributed by atoms with Gasteiger partial charge in [0.15, 0.2) is 0 Å². The molecule has 9 aliphatic rings. The number of hydrogen-bond acceptors (Lipinski definition) is 3. The number of allylic oxidation sites excluding steroid dienone is 4. The van der Waals surface area contributed by atoms with Crippen molar-refractivity contribution in [3.8, 4) is 0 Å². The van der Waals surface area contributed by atoms with E-state index in [0.717, 1.165) is 36.4 Å². The molecule has 0 saturated heterocycles. The van der Waals surface area contributed by atoms with Crippen LogP contribution in [0.5, 0.6) is 0 Å². The Bertz CT molecular complexity index is 1330. The molecule has 0 radical (unpaired) electrons. The van der Waals surface area contributed by atoms with E-state index in [-0.39, 0.29) is 17.0 Å². The zero-order valence-corrected chi connectivity index (χ0v) is 24.1. The van der Waals surface area contributed by atoms with Crippen molar-refractivity contribution < 1.29 is 4.79 Å². The SMILES string of the molecule is C=C1CC[C@@H]2[C@H]([C@@H]3C[C@@H](C)C[C@H]13)[C@]2([C@H](N)C=O)[C@@H]1C=C[C@H]2[C@@H](C1)C[C@H]1[C@@H]2C[C@H]2C[C@@H]3C=C[C@@]21Nc1ccccc13. The molecule has 7 aliphatic carbocycles. The molecule has 15 atom stereocenters. The van der Waals surface area contributed by atoms with Crippen molar-refractivity contribution in [3.63, 3.8) is 0 Å². The van der Waals surface area contributed by atoms with Crippen LogP contribution in [0.1, 0.15) is 69.8 Å². The van der Waals surface area contributed by atoms with Gasteiger partial charge >= 0.3 is 0 Å². The fraction of sp³-hybridized carbons (Fsp3) is 0.649. The lowest BCUT2D eigenvalue weighted by Crippen LogP contribution is -2.46. The summed E-state index contributed by atoms with van der Waals surface area (Å²) < 4.78 is 0. The molecule has 1 aromatic rings. The Labute approximate surface area is 240 Å². The van der Waals surface area contributed by atoms with Gasteiger partial charge in [-0.2, -0.15) is 0 Å². The highest BCUT2D eigenvalue weighted by molar-refractivity contribution is 5.62. The largest absolute Gasteiger partial charge is 0.375 e. The van der Waals surface area contributed by atoms with E-state index in [1.807, 2.05) is 0 Å². The van der Waals surface area contributed by atoms with Gasteiger partial charge in [0.25, 0.3) is 0 Å². The van der Waals surface area contributed by atoms with Crippen LogP contribution in [0, 0.1) is 70.5 Å². The molecule has 40 heavy (non-hydrogen) atoms. The molecule has 0 aromatic heterocycles. The van der Waals surface area contributed by atoms with Crippen molar-refractivity contribution in [1.82, 2.24) is 0 Å². The average Bonchev–Trinajstić information content (AvgIpc) is 3.27. The summed E-state index contributed by atoms with van der Waals surface area (Å²) in [6, 6.07) is 8.74. The molecule has 1 spiro atoms. The zero-order valence-electron chi connectivity index (χ0n) is 24.1. The number of nitrogens with one attached hydrogen (secondary N) is 1. The van der Waals surface area contributed by atoms with Crippen molar-refractivity contribution in [2.45, 2.75) is 75.8 Å². The molecular weight excluding hydrogens is 488 g/mol. The number of nitrogens with two attached hydrogens (primary N) is 1. The number of aldehydes is 1. The number of fused-ring (bicyclic) bond motifs is 6. The summed E-state index contributed by atoms with van der Waals surface area (Å²) in [4.78, 5) is 12.5. The number of anilines is 1. The molecule has 3 heteroatoms. The van der Waals surface area contributed by atoms with E-state index in [0.29, 0.717) is 47.3 Å². The van der Waals surface area contributed by atoms with Crippen molar-refractivity contribution in [2.24, 2.45) is 76.2 Å². The Hall–Kier alpha value is -2.13. The predicted octanol–water partition coefficient (Wildman–Crippen LogP) is 7.13. The fourth-order valence-electron chi connectivity index (χ4n) is 13.1. The predicted molar refractivity (Wildman–Crippen MR) is 160 cm³/mol. The topological polar surface area (TPSA) is 55.1 Å². The number of benzene rings is 1. The van der Waals surface area contributed by atoms with E-state index in [9.17, 15) is 4.79 Å². The van der Waals surface area contributed by atoms with E-state index < -0.39 is 0 Å². The van der Waals surface area contributed by atoms with Crippen LogP contribution in [-0.2, 0) is 4.79 Å². The maximum Gasteiger partial charge on any atom is 0.137 e. The first-order valence-corrected chi connectivity index (χ1v) is 16.6. The summed E-state index contributed by atoms with van der Waals surface area (Å²) in [5.74, 6) is 7.95. The minimum Gasteiger partial charge on any atom is -0.375 e. The molecule has 10 rings (SSSR count). The van der Waals surface area contributed by atoms with Crippen LogP contribution in [0.25, 0.3) is 0 Å². The molecule has 210 valence electrons. The normalized spacial score (nSPS) is 53.2. The van der Waals surface area contributed by atoms with Gasteiger partial charge in [0.05, 0.1) is 11.6 Å². The third kappa shape index (κ3) is 2.94. The van der Waals surface area contributed by atoms with Gasteiger partial charge in [-0.15, -0.1) is 0 Å². The molecule has 3 N–H and O–H groups in total. The molecule has 2 aliphatic heterocycles. The number of carbonyl (C=O) groups excluding carboxylic acids is 1. The van der Waals surface area contributed by atoms with Gasteiger partial charge in [-0.1, -0.05) is 61.6 Å². The van der Waals surface area contributed by atoms with Crippen molar-refractivity contribution >= 4 is 12.0 Å². The Morgan fingerprint density at radius 3 is 2.77 bits per heavy atom. The lowest BCUT2D eigenvalue weighted by molar-refractivity contribution is -0.111. The molecular formula is C37H46N2O. The summed E-state index contributed by atoms with van der Waals surface area (Å²) >= 11 is 0. The monoisotopic (exact) mass is 534 g/mol. The second-order valence-corrected chi connectivity index (χ2v) is 15.7. The average molecular weight is 535 g/mol. The second kappa shape index (κ2) is 8.24. The lowest BCUT2D eigenvalue weighted by Gasteiger charge is -2.41. The summed E-state index contributed by atoms with van der Waals surface area (Å²) in [7, 11) is 0. The molecule has 1 aromatic carbocycles. The van der Waals surface area contributed by atoms with Gasteiger partial charge in [-0.3, -0.25) is 0 Å². The van der Waals surface area contributed by atoms with E-state index in [4.69, 9.17) is 5.73 Å².